The van der Waals surface area contributed by atoms with Crippen molar-refractivity contribution in [2.45, 2.75) is 31.8 Å². The lowest BCUT2D eigenvalue weighted by atomic mass is 9.91. The average Bonchev–Trinajstić information content (AvgIpc) is 2.82. The predicted octanol–water partition coefficient (Wildman–Crippen LogP) is 2.53. The minimum Gasteiger partial charge on any atom is -0.349 e. The lowest BCUT2D eigenvalue weighted by molar-refractivity contribution is 0.498. The van der Waals surface area contributed by atoms with Crippen LogP contribution in [0, 0.1) is 0 Å². The lowest BCUT2D eigenvalue weighted by Gasteiger charge is -2.21. The Morgan fingerprint density at radius 3 is 2.94 bits per heavy atom. The van der Waals surface area contributed by atoms with Crippen molar-refractivity contribution < 1.29 is 0 Å². The third-order valence-corrected chi connectivity index (χ3v) is 3.77. The highest BCUT2D eigenvalue weighted by Gasteiger charge is 2.20. The first-order valence-electron chi connectivity index (χ1n) is 6.61. The van der Waals surface area contributed by atoms with E-state index in [1.54, 1.807) is 0 Å². The molecule has 0 bridgehead atoms. The monoisotopic (exact) mass is 241 g/mol. The number of pyridine rings is 1. The Morgan fingerprint density at radius 2 is 2.17 bits per heavy atom. The molecule has 1 atom stereocenters. The van der Waals surface area contributed by atoms with Crippen molar-refractivity contribution in [3.8, 4) is 0 Å². The van der Waals surface area contributed by atoms with Crippen molar-refractivity contribution in [3.63, 3.8) is 0 Å². The highest BCUT2D eigenvalue weighted by atomic mass is 15.0. The Labute approximate surface area is 108 Å². The molecule has 0 amide bonds. The highest BCUT2D eigenvalue weighted by Crippen LogP contribution is 2.30. The molecule has 1 N–H and O–H groups in total. The molecule has 2 aromatic rings. The summed E-state index contributed by atoms with van der Waals surface area (Å²) in [4.78, 5) is 4.06. The molecule has 0 saturated heterocycles. The normalized spacial score (nSPS) is 18.6. The van der Waals surface area contributed by atoms with Crippen LogP contribution in [-0.4, -0.2) is 16.6 Å². The molecule has 3 nitrogen and oxygen atoms in total. The maximum atomic E-state index is 4.06. The first-order chi connectivity index (χ1) is 8.86. The number of hydrogen-bond acceptors (Lipinski definition) is 2. The molecular formula is C15H19N3. The molecule has 94 valence electrons. The summed E-state index contributed by atoms with van der Waals surface area (Å²) >= 11 is 0. The summed E-state index contributed by atoms with van der Waals surface area (Å²) in [6.07, 6.45) is 12.1. The van der Waals surface area contributed by atoms with Crippen molar-refractivity contribution in [2.75, 3.05) is 7.05 Å². The predicted molar refractivity (Wildman–Crippen MR) is 72.5 cm³/mol. The van der Waals surface area contributed by atoms with Crippen LogP contribution in [0.15, 0.2) is 36.9 Å². The first kappa shape index (κ1) is 11.5. The van der Waals surface area contributed by atoms with E-state index in [9.17, 15) is 0 Å². The van der Waals surface area contributed by atoms with Crippen LogP contribution in [-0.2, 0) is 13.0 Å². The van der Waals surface area contributed by atoms with Gasteiger partial charge < -0.3 is 9.88 Å². The zero-order valence-corrected chi connectivity index (χ0v) is 10.8. The molecule has 0 fully saturated rings. The number of hydrogen-bond donors (Lipinski definition) is 1. The van der Waals surface area contributed by atoms with E-state index in [1.165, 1.54) is 36.0 Å². The van der Waals surface area contributed by atoms with E-state index in [-0.39, 0.29) is 0 Å². The molecule has 2 heterocycles. The van der Waals surface area contributed by atoms with Crippen molar-refractivity contribution in [1.29, 1.82) is 0 Å². The number of aryl methyl sites for hydroxylation is 1. The van der Waals surface area contributed by atoms with Crippen LogP contribution in [0.25, 0.3) is 0 Å². The van der Waals surface area contributed by atoms with Gasteiger partial charge in [0.25, 0.3) is 0 Å². The molecule has 3 heteroatoms. The van der Waals surface area contributed by atoms with Gasteiger partial charge >= 0.3 is 0 Å². The smallest absolute Gasteiger partial charge is 0.0471 e. The molecule has 2 aromatic heterocycles. The van der Waals surface area contributed by atoms with Gasteiger partial charge in [-0.1, -0.05) is 0 Å². The zero-order valence-electron chi connectivity index (χ0n) is 10.8. The Hall–Kier alpha value is -1.61. The Kier molecular flexibility index (Phi) is 3.15. The van der Waals surface area contributed by atoms with Crippen molar-refractivity contribution in [3.05, 3.63) is 53.6 Å². The fourth-order valence-corrected chi connectivity index (χ4v) is 2.84. The van der Waals surface area contributed by atoms with Gasteiger partial charge in [-0.05, 0) is 55.1 Å². The van der Waals surface area contributed by atoms with Gasteiger partial charge in [0.15, 0.2) is 0 Å². The summed E-state index contributed by atoms with van der Waals surface area (Å²) < 4.78 is 2.30. The Bertz CT molecular complexity index is 516. The van der Waals surface area contributed by atoms with E-state index in [0.717, 1.165) is 6.54 Å². The van der Waals surface area contributed by atoms with Crippen LogP contribution in [0.1, 0.15) is 35.6 Å². The number of nitrogens with zero attached hydrogens (tertiary/aromatic N) is 2. The third kappa shape index (κ3) is 2.18. The largest absolute Gasteiger partial charge is 0.349 e. The minimum absolute atomic E-state index is 0.535. The van der Waals surface area contributed by atoms with E-state index in [4.69, 9.17) is 0 Å². The number of rotatable bonds is 3. The second kappa shape index (κ2) is 4.94. The number of aromatic nitrogens is 2. The molecule has 0 radical (unpaired) electrons. The van der Waals surface area contributed by atoms with Crippen molar-refractivity contribution >= 4 is 0 Å². The second-order valence-corrected chi connectivity index (χ2v) is 5.00. The van der Waals surface area contributed by atoms with Gasteiger partial charge in [-0.3, -0.25) is 4.98 Å². The van der Waals surface area contributed by atoms with Crippen molar-refractivity contribution in [2.24, 2.45) is 0 Å². The topological polar surface area (TPSA) is 29.9 Å². The molecule has 18 heavy (non-hydrogen) atoms. The molecule has 1 aliphatic carbocycles. The van der Waals surface area contributed by atoms with E-state index in [0.29, 0.717) is 6.04 Å². The summed E-state index contributed by atoms with van der Waals surface area (Å²) in [6.45, 7) is 0.936. The van der Waals surface area contributed by atoms with Crippen LogP contribution in [0.4, 0.5) is 0 Å². The van der Waals surface area contributed by atoms with Gasteiger partial charge in [0.2, 0.25) is 0 Å². The van der Waals surface area contributed by atoms with E-state index in [2.05, 4.69) is 46.4 Å². The van der Waals surface area contributed by atoms with Gasteiger partial charge in [-0.25, -0.2) is 0 Å². The summed E-state index contributed by atoms with van der Waals surface area (Å²) in [5.41, 5.74) is 4.30. The van der Waals surface area contributed by atoms with Crippen LogP contribution >= 0.6 is 0 Å². The summed E-state index contributed by atoms with van der Waals surface area (Å²) in [7, 11) is 2.06. The fraction of sp³-hybridized carbons (Fsp3) is 0.400. The van der Waals surface area contributed by atoms with E-state index in [1.807, 2.05) is 12.4 Å². The number of fused-ring (bicyclic) bond motifs is 1. The highest BCUT2D eigenvalue weighted by molar-refractivity contribution is 5.31. The molecule has 0 saturated carbocycles. The Balaban J connectivity index is 1.84. The average molecular weight is 241 g/mol. The van der Waals surface area contributed by atoms with Gasteiger partial charge in [-0.15, -0.1) is 0 Å². The molecule has 0 aliphatic heterocycles. The summed E-state index contributed by atoms with van der Waals surface area (Å²) in [6, 6.07) is 4.69. The van der Waals surface area contributed by atoms with Crippen LogP contribution < -0.4 is 5.32 Å². The number of nitrogens with one attached hydrogen (secondary N) is 1. The van der Waals surface area contributed by atoms with E-state index >= 15 is 0 Å². The molecule has 1 unspecified atom stereocenters. The molecule has 0 aromatic carbocycles. The van der Waals surface area contributed by atoms with E-state index < -0.39 is 0 Å². The fourth-order valence-electron chi connectivity index (χ4n) is 2.84. The van der Waals surface area contributed by atoms with Crippen molar-refractivity contribution in [1.82, 2.24) is 14.9 Å². The van der Waals surface area contributed by atoms with Gasteiger partial charge in [0, 0.05) is 37.4 Å². The lowest BCUT2D eigenvalue weighted by Crippen LogP contribution is -2.20. The minimum atomic E-state index is 0.535. The SMILES string of the molecule is CNC1CCCc2cn(Cc3ccncc3)cc21. The molecule has 0 spiro atoms. The zero-order chi connectivity index (χ0) is 12.4. The third-order valence-electron chi connectivity index (χ3n) is 3.77. The summed E-state index contributed by atoms with van der Waals surface area (Å²) in [5.74, 6) is 0. The quantitative estimate of drug-likeness (QED) is 0.895. The van der Waals surface area contributed by atoms with Gasteiger partial charge in [0.1, 0.15) is 0 Å². The van der Waals surface area contributed by atoms with Crippen LogP contribution in [0.2, 0.25) is 0 Å². The molecule has 3 rings (SSSR count). The molecular weight excluding hydrogens is 222 g/mol. The maximum Gasteiger partial charge on any atom is 0.0471 e. The van der Waals surface area contributed by atoms with Gasteiger partial charge in [-0.2, -0.15) is 0 Å². The molecule has 1 aliphatic rings. The maximum absolute atomic E-state index is 4.06. The Morgan fingerprint density at radius 1 is 1.33 bits per heavy atom. The summed E-state index contributed by atoms with van der Waals surface area (Å²) in [5, 5.41) is 3.41. The van der Waals surface area contributed by atoms with Crippen LogP contribution in [0.5, 0.6) is 0 Å². The standard InChI is InChI=1S/C15H19N3/c1-16-15-4-2-3-13-10-18(11-14(13)15)9-12-5-7-17-8-6-12/h5-8,10-11,15-16H,2-4,9H2,1H3. The first-order valence-corrected chi connectivity index (χ1v) is 6.61. The van der Waals surface area contributed by atoms with Gasteiger partial charge in [0.05, 0.1) is 0 Å². The second-order valence-electron chi connectivity index (χ2n) is 5.00. The van der Waals surface area contributed by atoms with Crippen LogP contribution in [0.3, 0.4) is 0 Å².